The lowest BCUT2D eigenvalue weighted by Crippen LogP contribution is -2.56. The van der Waals surface area contributed by atoms with E-state index in [1.807, 2.05) is 0 Å². The highest BCUT2D eigenvalue weighted by Gasteiger charge is 2.50. The van der Waals surface area contributed by atoms with Gasteiger partial charge >= 0.3 is 6.85 Å². The SMILES string of the molecule is Cc1cc2c3c(c1)N(c1ccc(C(C)(C)C)cc1-c1ccccc1)c1oc4c(ccc5ccccc54)c1B3n1c3ccc(C45CC(C)CC(CC(C)C4)C5)cc3c3cc(C45CC(C)CC(CC(C)C4)C5)cc-2c31. The van der Waals surface area contributed by atoms with Gasteiger partial charge in [0.05, 0.1) is 5.69 Å². The van der Waals surface area contributed by atoms with Gasteiger partial charge in [-0.1, -0.05) is 133 Å². The Balaban J connectivity index is 1.07. The number of aromatic nitrogens is 1. The zero-order valence-corrected chi connectivity index (χ0v) is 44.5. The Morgan fingerprint density at radius 1 is 0.534 bits per heavy atom. The fourth-order valence-electron chi connectivity index (χ4n) is 17.9. The summed E-state index contributed by atoms with van der Waals surface area (Å²) in [5.41, 5.74) is 20.2. The average Bonchev–Trinajstić information content (AvgIpc) is 3.92. The van der Waals surface area contributed by atoms with Gasteiger partial charge in [-0.05, 0) is 210 Å². The van der Waals surface area contributed by atoms with Crippen LogP contribution in [-0.2, 0) is 16.2 Å². The van der Waals surface area contributed by atoms with Crippen molar-refractivity contribution in [3.05, 3.63) is 150 Å². The highest BCUT2D eigenvalue weighted by Crippen LogP contribution is 2.59. The summed E-state index contributed by atoms with van der Waals surface area (Å²) in [6.45, 7) is 19.5. The fourth-order valence-corrected chi connectivity index (χ4v) is 17.9. The average molecular weight is 955 g/mol. The molecule has 0 N–H and O–H groups in total. The molecule has 2 aromatic heterocycles. The van der Waals surface area contributed by atoms with Crippen LogP contribution >= 0.6 is 0 Å². The van der Waals surface area contributed by atoms with E-state index in [1.165, 1.54) is 147 Å². The van der Waals surface area contributed by atoms with Gasteiger partial charge < -0.3 is 8.90 Å². The van der Waals surface area contributed by atoms with E-state index in [0.717, 1.165) is 58.0 Å². The van der Waals surface area contributed by atoms with Crippen molar-refractivity contribution in [3.63, 3.8) is 0 Å². The molecular formula is C69H71BN2O. The largest absolute Gasteiger partial charge is 0.440 e. The molecule has 0 spiro atoms. The van der Waals surface area contributed by atoms with Gasteiger partial charge in [-0.25, -0.2) is 0 Å². The van der Waals surface area contributed by atoms with Crippen LogP contribution in [0, 0.1) is 42.4 Å². The van der Waals surface area contributed by atoms with E-state index < -0.39 is 0 Å². The highest BCUT2D eigenvalue weighted by atomic mass is 16.4. The summed E-state index contributed by atoms with van der Waals surface area (Å²) in [7, 11) is 0. The fraction of sp³-hybridized carbons (Fsp3) is 0.391. The Kier molecular flexibility index (Phi) is 9.47. The van der Waals surface area contributed by atoms with Crippen LogP contribution in [0.15, 0.2) is 132 Å². The van der Waals surface area contributed by atoms with Gasteiger partial charge in [0.25, 0.3) is 0 Å². The van der Waals surface area contributed by atoms with Crippen molar-refractivity contribution in [3.8, 4) is 22.3 Å². The number of aryl methyl sites for hydroxylation is 1. The third-order valence-corrected chi connectivity index (χ3v) is 20.0. The number of nitrogens with zero attached hydrogens (tertiary/aromatic N) is 2. The van der Waals surface area contributed by atoms with Crippen molar-refractivity contribution in [2.75, 3.05) is 4.90 Å². The standard InChI is InChI=1S/C69H71BN2O/c1-40-28-56-58-33-51(69-36-43(4)26-46(39-69)27-44(5)37-69)32-57-55-31-50(68-34-41(2)24-45(38-68)25-42(3)35-68)20-23-60(55)72(64(57)58)70-62(56)61(29-40)71(66-63(70)53-21-18-48-16-12-13-17-52(48)65(53)73-66)59-22-19-49(67(6,7)8)30-54(59)47-14-10-9-11-15-47/h9-23,28-33,41-46H,24-27,34-39H2,1-8H3. The lowest BCUT2D eigenvalue weighted by Gasteiger charge is -2.51. The topological polar surface area (TPSA) is 21.3 Å². The van der Waals surface area contributed by atoms with E-state index in [-0.39, 0.29) is 23.1 Å². The van der Waals surface area contributed by atoms with Gasteiger partial charge in [-0.3, -0.25) is 4.90 Å². The lowest BCUT2D eigenvalue weighted by atomic mass is 9.45. The molecule has 0 amide bonds. The molecule has 4 heteroatoms. The van der Waals surface area contributed by atoms with Crippen LogP contribution in [-0.4, -0.2) is 11.3 Å². The Morgan fingerprint density at radius 2 is 1.19 bits per heavy atom. The predicted molar refractivity (Wildman–Crippen MR) is 309 cm³/mol. The normalized spacial score (nSPS) is 27.2. The summed E-state index contributed by atoms with van der Waals surface area (Å²) in [4.78, 5) is 2.55. The summed E-state index contributed by atoms with van der Waals surface area (Å²) >= 11 is 0. The Morgan fingerprint density at radius 3 is 1.89 bits per heavy atom. The maximum Gasteiger partial charge on any atom is 0.337 e. The Hall–Kier alpha value is -6.00. The van der Waals surface area contributed by atoms with E-state index in [9.17, 15) is 0 Å². The zero-order chi connectivity index (χ0) is 49.4. The molecule has 366 valence electrons. The van der Waals surface area contributed by atoms with E-state index >= 15 is 0 Å². The molecule has 3 nitrogen and oxygen atoms in total. The molecule has 0 radical (unpaired) electrons. The maximum absolute atomic E-state index is 7.66. The molecule has 4 fully saturated rings. The molecule has 6 aliphatic rings. The molecule has 7 aromatic carbocycles. The molecule has 0 saturated heterocycles. The monoisotopic (exact) mass is 955 g/mol. The third-order valence-electron chi connectivity index (χ3n) is 20.0. The van der Waals surface area contributed by atoms with E-state index in [1.54, 1.807) is 11.1 Å². The van der Waals surface area contributed by atoms with Crippen molar-refractivity contribution >= 4 is 78.6 Å². The first-order valence-corrected chi connectivity index (χ1v) is 28.4. The molecule has 4 saturated carbocycles. The molecule has 2 aliphatic heterocycles. The lowest BCUT2D eigenvalue weighted by molar-refractivity contribution is 0.0779. The number of fused-ring (bicyclic) bond motifs is 15. The third kappa shape index (κ3) is 6.50. The zero-order valence-electron chi connectivity index (χ0n) is 44.5. The minimum atomic E-state index is -0.101. The van der Waals surface area contributed by atoms with E-state index in [4.69, 9.17) is 4.42 Å². The minimum absolute atomic E-state index is 0.0271. The van der Waals surface area contributed by atoms with Crippen molar-refractivity contribution < 1.29 is 4.42 Å². The second kappa shape index (κ2) is 15.5. The van der Waals surface area contributed by atoms with Crippen LogP contribution < -0.4 is 15.8 Å². The van der Waals surface area contributed by atoms with Gasteiger partial charge in [0, 0.05) is 54.9 Å². The second-order valence-electron chi connectivity index (χ2n) is 26.7. The molecule has 4 heterocycles. The molecule has 4 unspecified atom stereocenters. The van der Waals surface area contributed by atoms with E-state index in [2.05, 4.69) is 192 Å². The van der Waals surface area contributed by atoms with Crippen molar-refractivity contribution in [2.24, 2.45) is 35.5 Å². The molecule has 15 rings (SSSR count). The van der Waals surface area contributed by atoms with Crippen molar-refractivity contribution in [1.82, 2.24) is 4.48 Å². The predicted octanol–water partition coefficient (Wildman–Crippen LogP) is 17.6. The number of benzene rings is 7. The van der Waals surface area contributed by atoms with Gasteiger partial charge in [-0.15, -0.1) is 0 Å². The van der Waals surface area contributed by atoms with Gasteiger partial charge in [0.15, 0.2) is 0 Å². The van der Waals surface area contributed by atoms with Crippen molar-refractivity contribution in [2.45, 2.75) is 136 Å². The summed E-state index contributed by atoms with van der Waals surface area (Å²) in [5.74, 6) is 5.55. The molecule has 73 heavy (non-hydrogen) atoms. The number of anilines is 3. The van der Waals surface area contributed by atoms with Crippen LogP contribution in [0.4, 0.5) is 17.3 Å². The van der Waals surface area contributed by atoms with Gasteiger partial charge in [-0.2, -0.15) is 0 Å². The molecule has 9 aromatic rings. The first kappa shape index (κ1) is 44.5. The van der Waals surface area contributed by atoms with E-state index in [0.29, 0.717) is 0 Å². The Labute approximate surface area is 433 Å². The number of hydrogen-bond donors (Lipinski definition) is 0. The second-order valence-corrected chi connectivity index (χ2v) is 26.7. The quantitative estimate of drug-likeness (QED) is 0.164. The smallest absolute Gasteiger partial charge is 0.337 e. The molecule has 4 atom stereocenters. The maximum atomic E-state index is 7.66. The Bertz CT molecular complexity index is 3730. The first-order valence-electron chi connectivity index (χ1n) is 28.4. The number of hydrogen-bond acceptors (Lipinski definition) is 2. The van der Waals surface area contributed by atoms with Crippen LogP contribution in [0.25, 0.3) is 65.8 Å². The van der Waals surface area contributed by atoms with Crippen LogP contribution in [0.1, 0.15) is 135 Å². The minimum Gasteiger partial charge on any atom is -0.440 e. The number of rotatable bonds is 4. The first-order chi connectivity index (χ1) is 35.2. The van der Waals surface area contributed by atoms with Crippen molar-refractivity contribution in [1.29, 1.82) is 0 Å². The summed E-state index contributed by atoms with van der Waals surface area (Å²) < 4.78 is 10.5. The molecule has 4 bridgehead atoms. The van der Waals surface area contributed by atoms with Gasteiger partial charge in [0.2, 0.25) is 5.88 Å². The summed E-state index contributed by atoms with van der Waals surface area (Å²) in [5, 5.41) is 6.49. The molecular weight excluding hydrogens is 884 g/mol. The van der Waals surface area contributed by atoms with Crippen LogP contribution in [0.5, 0.6) is 0 Å². The van der Waals surface area contributed by atoms with Gasteiger partial charge in [0.1, 0.15) is 5.58 Å². The van der Waals surface area contributed by atoms with Crippen LogP contribution in [0.3, 0.4) is 0 Å². The molecule has 4 aliphatic carbocycles. The van der Waals surface area contributed by atoms with Crippen LogP contribution in [0.2, 0.25) is 0 Å². The highest BCUT2D eigenvalue weighted by molar-refractivity contribution is 6.91. The number of furan rings is 1. The summed E-state index contributed by atoms with van der Waals surface area (Å²) in [6, 6.07) is 50.4. The summed E-state index contributed by atoms with van der Waals surface area (Å²) in [6.07, 6.45) is 13.4.